The summed E-state index contributed by atoms with van der Waals surface area (Å²) in [6.45, 7) is 8.37. The lowest BCUT2D eigenvalue weighted by molar-refractivity contribution is 0.0696. The van der Waals surface area contributed by atoms with Gasteiger partial charge < -0.3 is 15.4 Å². The number of hydrogen-bond donors (Lipinski definition) is 2. The van der Waals surface area contributed by atoms with E-state index in [9.17, 15) is 0 Å². The molecule has 0 radical (unpaired) electrons. The van der Waals surface area contributed by atoms with Crippen molar-refractivity contribution in [3.05, 3.63) is 57.6 Å². The van der Waals surface area contributed by atoms with Crippen LogP contribution in [0.1, 0.15) is 43.0 Å². The maximum atomic E-state index is 6.15. The van der Waals surface area contributed by atoms with Crippen molar-refractivity contribution in [2.24, 2.45) is 0 Å². The van der Waals surface area contributed by atoms with Crippen LogP contribution in [0.5, 0.6) is 5.75 Å². The second-order valence-corrected chi connectivity index (χ2v) is 8.48. The van der Waals surface area contributed by atoms with E-state index in [-0.39, 0.29) is 11.6 Å². The number of ether oxygens (including phenoxy) is 1. The molecule has 132 valence electrons. The van der Waals surface area contributed by atoms with Gasteiger partial charge in [0.1, 0.15) is 11.4 Å². The summed E-state index contributed by atoms with van der Waals surface area (Å²) in [5.74, 6) is 0.941. The van der Waals surface area contributed by atoms with Gasteiger partial charge in [-0.25, -0.2) is 0 Å². The maximum absolute atomic E-state index is 6.15. The van der Waals surface area contributed by atoms with E-state index in [2.05, 4.69) is 78.5 Å². The number of rotatable bonds is 2. The molecule has 1 heterocycles. The lowest BCUT2D eigenvalue weighted by Crippen LogP contribution is -2.42. The van der Waals surface area contributed by atoms with E-state index in [1.165, 1.54) is 11.1 Å². The summed E-state index contributed by atoms with van der Waals surface area (Å²) in [5.41, 5.74) is 4.26. The van der Waals surface area contributed by atoms with Crippen LogP contribution in [-0.2, 0) is 0 Å². The van der Waals surface area contributed by atoms with E-state index in [1.54, 1.807) is 0 Å². The number of halogens is 1. The van der Waals surface area contributed by atoms with E-state index in [0.29, 0.717) is 5.11 Å². The van der Waals surface area contributed by atoms with Gasteiger partial charge in [0.25, 0.3) is 0 Å². The fourth-order valence-electron chi connectivity index (χ4n) is 3.14. The Morgan fingerprint density at radius 3 is 2.68 bits per heavy atom. The Hall–Kier alpha value is -1.59. The van der Waals surface area contributed by atoms with Crippen LogP contribution in [0.4, 0.5) is 5.69 Å². The van der Waals surface area contributed by atoms with Crippen molar-refractivity contribution in [2.45, 2.75) is 45.8 Å². The molecule has 0 aromatic heterocycles. The van der Waals surface area contributed by atoms with Crippen molar-refractivity contribution < 1.29 is 4.74 Å². The average Bonchev–Trinajstić information content (AvgIpc) is 2.49. The Kier molecular flexibility index (Phi) is 5.07. The molecule has 0 saturated carbocycles. The second kappa shape index (κ2) is 6.96. The van der Waals surface area contributed by atoms with Crippen molar-refractivity contribution in [1.82, 2.24) is 5.32 Å². The van der Waals surface area contributed by atoms with E-state index >= 15 is 0 Å². The Bertz CT molecular complexity index is 819. The van der Waals surface area contributed by atoms with Gasteiger partial charge in [0, 0.05) is 22.1 Å². The molecule has 0 fully saturated rings. The van der Waals surface area contributed by atoms with Crippen LogP contribution >= 0.6 is 28.1 Å². The zero-order valence-corrected chi connectivity index (χ0v) is 17.3. The highest BCUT2D eigenvalue weighted by molar-refractivity contribution is 9.10. The molecule has 1 atom stereocenters. The fourth-order valence-corrected chi connectivity index (χ4v) is 3.64. The van der Waals surface area contributed by atoms with E-state index in [1.807, 2.05) is 12.1 Å². The summed E-state index contributed by atoms with van der Waals surface area (Å²) in [6.07, 6.45) is 0.851. The minimum absolute atomic E-state index is 0.121. The molecule has 1 aliphatic heterocycles. The number of fused-ring (bicyclic) bond motifs is 1. The molecule has 2 aromatic carbocycles. The lowest BCUT2D eigenvalue weighted by atomic mass is 9.89. The van der Waals surface area contributed by atoms with Gasteiger partial charge in [-0.2, -0.15) is 0 Å². The van der Waals surface area contributed by atoms with Gasteiger partial charge in [-0.1, -0.05) is 28.1 Å². The van der Waals surface area contributed by atoms with Gasteiger partial charge in [-0.05, 0) is 75.3 Å². The molecule has 3 rings (SSSR count). The summed E-state index contributed by atoms with van der Waals surface area (Å²) < 4.78 is 7.24. The van der Waals surface area contributed by atoms with Crippen LogP contribution in [0.2, 0.25) is 0 Å². The molecule has 0 saturated heterocycles. The normalized spacial score (nSPS) is 18.0. The Balaban J connectivity index is 1.77. The first-order valence-corrected chi connectivity index (χ1v) is 9.57. The number of aryl methyl sites for hydroxylation is 2. The molecular formula is C20H23BrN2OS. The highest BCUT2D eigenvalue weighted by atomic mass is 79.9. The lowest BCUT2D eigenvalue weighted by Gasteiger charge is -2.38. The summed E-state index contributed by atoms with van der Waals surface area (Å²) in [4.78, 5) is 0. The van der Waals surface area contributed by atoms with E-state index in [4.69, 9.17) is 17.0 Å². The topological polar surface area (TPSA) is 33.3 Å². The Labute approximate surface area is 163 Å². The Morgan fingerprint density at radius 1 is 1.20 bits per heavy atom. The zero-order chi connectivity index (χ0) is 18.2. The molecule has 5 heteroatoms. The minimum atomic E-state index is -0.234. The van der Waals surface area contributed by atoms with Crippen LogP contribution < -0.4 is 15.4 Å². The van der Waals surface area contributed by atoms with Crippen LogP contribution in [0.15, 0.2) is 40.9 Å². The molecule has 0 aliphatic carbocycles. The highest BCUT2D eigenvalue weighted by Crippen LogP contribution is 2.39. The number of thiocarbonyl (C=S) groups is 1. The van der Waals surface area contributed by atoms with Crippen LogP contribution in [0.3, 0.4) is 0 Å². The van der Waals surface area contributed by atoms with Crippen molar-refractivity contribution in [3.63, 3.8) is 0 Å². The standard InChI is InChI=1S/C20H23BrN2OS/c1-12-5-7-15-17(11-20(3,4)24-18(15)9-12)23-19(25)22-14-6-8-16(21)13(2)10-14/h5-10,17H,11H2,1-4H3,(H2,22,23,25)/t17-/m1/s1. The minimum Gasteiger partial charge on any atom is -0.487 e. The van der Waals surface area contributed by atoms with E-state index < -0.39 is 0 Å². The molecule has 3 nitrogen and oxygen atoms in total. The molecule has 25 heavy (non-hydrogen) atoms. The predicted molar refractivity (Wildman–Crippen MR) is 111 cm³/mol. The van der Waals surface area contributed by atoms with Crippen molar-refractivity contribution >= 4 is 38.9 Å². The molecule has 2 N–H and O–H groups in total. The third-order valence-electron chi connectivity index (χ3n) is 4.35. The highest BCUT2D eigenvalue weighted by Gasteiger charge is 2.34. The summed E-state index contributed by atoms with van der Waals surface area (Å²) in [5, 5.41) is 7.37. The van der Waals surface area contributed by atoms with Crippen molar-refractivity contribution in [3.8, 4) is 5.75 Å². The van der Waals surface area contributed by atoms with Gasteiger partial charge in [-0.15, -0.1) is 0 Å². The number of anilines is 1. The van der Waals surface area contributed by atoms with Crippen LogP contribution in [0, 0.1) is 13.8 Å². The van der Waals surface area contributed by atoms with E-state index in [0.717, 1.165) is 27.9 Å². The number of benzene rings is 2. The third-order valence-corrected chi connectivity index (χ3v) is 5.46. The maximum Gasteiger partial charge on any atom is 0.171 e. The largest absolute Gasteiger partial charge is 0.487 e. The SMILES string of the molecule is Cc1ccc2c(c1)OC(C)(C)C[C@H]2NC(=S)Nc1ccc(Br)c(C)c1. The fraction of sp³-hybridized carbons (Fsp3) is 0.350. The van der Waals surface area contributed by atoms with Crippen LogP contribution in [-0.4, -0.2) is 10.7 Å². The first kappa shape index (κ1) is 18.2. The van der Waals surface area contributed by atoms with Crippen molar-refractivity contribution in [1.29, 1.82) is 0 Å². The first-order chi connectivity index (χ1) is 11.7. The molecule has 1 aliphatic rings. The molecule has 0 unspecified atom stereocenters. The third kappa shape index (κ3) is 4.33. The summed E-state index contributed by atoms with van der Waals surface area (Å²) >= 11 is 9.07. The van der Waals surface area contributed by atoms with Gasteiger partial charge in [0.15, 0.2) is 5.11 Å². The molecule has 0 bridgehead atoms. The smallest absolute Gasteiger partial charge is 0.171 e. The first-order valence-electron chi connectivity index (χ1n) is 8.37. The molecular weight excluding hydrogens is 396 g/mol. The number of hydrogen-bond acceptors (Lipinski definition) is 2. The quantitative estimate of drug-likeness (QED) is 0.616. The van der Waals surface area contributed by atoms with Gasteiger partial charge in [0.05, 0.1) is 6.04 Å². The molecule has 0 amide bonds. The monoisotopic (exact) mass is 418 g/mol. The van der Waals surface area contributed by atoms with Crippen molar-refractivity contribution in [2.75, 3.05) is 5.32 Å². The number of nitrogens with one attached hydrogen (secondary N) is 2. The predicted octanol–water partition coefficient (Wildman–Crippen LogP) is 5.65. The second-order valence-electron chi connectivity index (χ2n) is 7.22. The van der Waals surface area contributed by atoms with Gasteiger partial charge >= 0.3 is 0 Å². The average molecular weight is 419 g/mol. The summed E-state index contributed by atoms with van der Waals surface area (Å²) in [7, 11) is 0. The van der Waals surface area contributed by atoms with Crippen LogP contribution in [0.25, 0.3) is 0 Å². The molecule has 2 aromatic rings. The van der Waals surface area contributed by atoms with Gasteiger partial charge in [0.2, 0.25) is 0 Å². The van der Waals surface area contributed by atoms with Gasteiger partial charge in [-0.3, -0.25) is 0 Å². The Morgan fingerprint density at radius 2 is 1.96 bits per heavy atom. The molecule has 0 spiro atoms. The summed E-state index contributed by atoms with van der Waals surface area (Å²) in [6, 6.07) is 12.6. The zero-order valence-electron chi connectivity index (χ0n) is 14.9.